The average molecular weight is 813 g/mol. The van der Waals surface area contributed by atoms with E-state index in [1.54, 1.807) is 13.8 Å². The molecule has 17 unspecified atom stereocenters. The first kappa shape index (κ1) is 56.6. The first-order valence-electron chi connectivity index (χ1n) is 18.9. The van der Waals surface area contributed by atoms with Gasteiger partial charge in [-0.05, 0) is 130 Å². The zero-order valence-electron chi connectivity index (χ0n) is 30.1. The smallest absolute Gasteiger partial charge is 0.317 e. The monoisotopic (exact) mass is 813 g/mol. The molecule has 0 aromatic carbocycles. The Bertz CT molecular complexity index is 1400. The minimum Gasteiger partial charge on any atom is -0.481 e. The predicted octanol–water partition coefficient (Wildman–Crippen LogP) is 10.1. The molecule has 7 rings (SSSR count). The Kier molecular flexibility index (Phi) is 19.6. The number of carboxylic acids is 1. The van der Waals surface area contributed by atoms with Gasteiger partial charge in [-0.3, -0.25) is 24.0 Å². The van der Waals surface area contributed by atoms with E-state index >= 15 is 0 Å². The number of cyclic esters (lactones) is 2. The van der Waals surface area contributed by atoms with Crippen molar-refractivity contribution in [3.63, 3.8) is 0 Å². The van der Waals surface area contributed by atoms with Gasteiger partial charge in [0.1, 0.15) is 5.60 Å². The number of aliphatic hydroxyl groups excluding tert-OH is 1. The molecule has 0 aromatic rings. The van der Waals surface area contributed by atoms with Gasteiger partial charge >= 0.3 is 29.8 Å². The van der Waals surface area contributed by atoms with Gasteiger partial charge in [0, 0.05) is 5.41 Å². The number of carboxylic acid groups (broad SMARTS) is 1. The van der Waals surface area contributed by atoms with Crippen LogP contribution in [0.5, 0.6) is 0 Å². The van der Waals surface area contributed by atoms with Crippen LogP contribution in [0.4, 0.5) is 0 Å². The molecule has 17 atom stereocenters. The van der Waals surface area contributed by atoms with Crippen molar-refractivity contribution in [3.8, 4) is 0 Å². The number of ether oxygens (including phenoxy) is 3. The first-order chi connectivity index (χ1) is 22.9. The standard InChI is InChI=1S/C39H56O10.8CH4/c1-16-18-8-9-19(10-18)25(16)31-32(37(46)48-36(31)45)28-22-11-20(12-23(22)34(43)49-38(3,4)5)27(28)26-17(2)21-13-24(26)29(33(41)42)30(21)35(44)47-15-39(6,7)14-40;;;;;;;;/h16-32,40H,8-15H2,1-7H3,(H,41,42);8*1H4. The molecule has 1 heterocycles. The molecule has 10 heteroatoms. The van der Waals surface area contributed by atoms with Gasteiger partial charge in [-0.15, -0.1) is 0 Å². The Balaban J connectivity index is 0. The average Bonchev–Trinajstić information content (AvgIpc) is 3.87. The molecule has 0 aromatic heterocycles. The normalized spacial score (nSPS) is 40.2. The largest absolute Gasteiger partial charge is 0.481 e. The van der Waals surface area contributed by atoms with Crippen LogP contribution in [0.2, 0.25) is 0 Å². The summed E-state index contributed by atoms with van der Waals surface area (Å²) >= 11 is 0. The number of hydrogen-bond donors (Lipinski definition) is 2. The highest BCUT2D eigenvalue weighted by molar-refractivity contribution is 5.97. The Labute approximate surface area is 348 Å². The minimum atomic E-state index is -1.01. The molecule has 10 nitrogen and oxygen atoms in total. The molecule has 0 radical (unpaired) electrons. The summed E-state index contributed by atoms with van der Waals surface area (Å²) < 4.78 is 17.2. The van der Waals surface area contributed by atoms with E-state index in [-0.39, 0.29) is 132 Å². The van der Waals surface area contributed by atoms with Crippen LogP contribution in [0.3, 0.4) is 0 Å². The number of esters is 4. The zero-order valence-corrected chi connectivity index (χ0v) is 30.1. The van der Waals surface area contributed by atoms with Crippen LogP contribution in [-0.2, 0) is 38.2 Å². The van der Waals surface area contributed by atoms with Crippen LogP contribution in [0.15, 0.2) is 0 Å². The van der Waals surface area contributed by atoms with Crippen molar-refractivity contribution in [1.29, 1.82) is 0 Å². The van der Waals surface area contributed by atoms with Crippen molar-refractivity contribution in [1.82, 2.24) is 0 Å². The zero-order chi connectivity index (χ0) is 35.5. The molecular formula is C47H88O10. The van der Waals surface area contributed by atoms with Gasteiger partial charge in [-0.2, -0.15) is 0 Å². The molecular weight excluding hydrogens is 725 g/mol. The maximum absolute atomic E-state index is 14.0. The molecule has 1 saturated heterocycles. The maximum atomic E-state index is 14.0. The highest BCUT2D eigenvalue weighted by atomic mass is 16.6. The summed E-state index contributed by atoms with van der Waals surface area (Å²) in [6, 6.07) is 0. The van der Waals surface area contributed by atoms with Crippen LogP contribution >= 0.6 is 0 Å². The number of aliphatic carboxylic acids is 1. The summed E-state index contributed by atoms with van der Waals surface area (Å²) in [5, 5.41) is 20.3. The summed E-state index contributed by atoms with van der Waals surface area (Å²) in [7, 11) is 0. The summed E-state index contributed by atoms with van der Waals surface area (Å²) in [6.45, 7) is 13.3. The van der Waals surface area contributed by atoms with Crippen molar-refractivity contribution in [2.75, 3.05) is 13.2 Å². The van der Waals surface area contributed by atoms with E-state index in [1.807, 2.05) is 20.8 Å². The lowest BCUT2D eigenvalue weighted by atomic mass is 9.54. The van der Waals surface area contributed by atoms with Crippen molar-refractivity contribution in [2.24, 2.45) is 106 Å². The Morgan fingerprint density at radius 3 is 1.72 bits per heavy atom. The number of carbonyl (C=O) groups excluding carboxylic acids is 4. The molecule has 2 N–H and O–H groups in total. The summed E-state index contributed by atoms with van der Waals surface area (Å²) in [5.41, 5.74) is -1.30. The van der Waals surface area contributed by atoms with Crippen LogP contribution in [0.25, 0.3) is 0 Å². The fourth-order valence-electron chi connectivity index (χ4n) is 13.2. The number of aliphatic hydroxyl groups is 1. The lowest BCUT2D eigenvalue weighted by Crippen LogP contribution is -2.51. The molecule has 6 saturated carbocycles. The van der Waals surface area contributed by atoms with Crippen LogP contribution in [0.1, 0.15) is 146 Å². The predicted molar refractivity (Wildman–Crippen MR) is 229 cm³/mol. The third-order valence-corrected chi connectivity index (χ3v) is 14.9. The number of hydrogen-bond acceptors (Lipinski definition) is 9. The van der Waals surface area contributed by atoms with Crippen molar-refractivity contribution >= 4 is 29.8 Å². The van der Waals surface area contributed by atoms with E-state index in [0.717, 1.165) is 25.7 Å². The van der Waals surface area contributed by atoms with Crippen molar-refractivity contribution < 1.29 is 48.4 Å². The number of carbonyl (C=O) groups is 5. The summed E-state index contributed by atoms with van der Waals surface area (Å²) in [4.78, 5) is 68.0. The molecule has 0 spiro atoms. The topological polar surface area (TPSA) is 154 Å². The fourth-order valence-corrected chi connectivity index (χ4v) is 13.2. The molecule has 336 valence electrons. The molecule has 7 aliphatic rings. The SMILES string of the molecule is C.C.C.C.C.C.C.C.CC1C2CCC(C2)C1C1C(=O)OC(=O)C1C1C2CC(CC2C(=O)OC(C)(C)C)C1C1C(C)C2CC1C(C(=O)O)C2C(=O)OCC(C)(C)CO. The molecule has 0 amide bonds. The van der Waals surface area contributed by atoms with Gasteiger partial charge in [0.2, 0.25) is 0 Å². The first-order valence-corrected chi connectivity index (χ1v) is 18.9. The van der Waals surface area contributed by atoms with E-state index in [0.29, 0.717) is 30.6 Å². The van der Waals surface area contributed by atoms with Gasteiger partial charge < -0.3 is 24.4 Å². The van der Waals surface area contributed by atoms with Crippen molar-refractivity contribution in [3.05, 3.63) is 0 Å². The summed E-state index contributed by atoms with van der Waals surface area (Å²) in [5.74, 6) is -5.74. The quantitative estimate of drug-likeness (QED) is 0.131. The Morgan fingerprint density at radius 2 is 1.21 bits per heavy atom. The minimum absolute atomic E-state index is 0. The highest BCUT2D eigenvalue weighted by Gasteiger charge is 2.71. The molecule has 7 fully saturated rings. The second-order valence-corrected chi connectivity index (χ2v) is 19.1. The fraction of sp³-hybridized carbons (Fsp3) is 0.894. The summed E-state index contributed by atoms with van der Waals surface area (Å²) in [6.07, 6.45) is 5.22. The lowest BCUT2D eigenvalue weighted by Gasteiger charge is -2.48. The van der Waals surface area contributed by atoms with E-state index in [2.05, 4.69) is 13.8 Å². The van der Waals surface area contributed by atoms with Crippen LogP contribution in [-0.4, -0.2) is 58.9 Å². The molecule has 57 heavy (non-hydrogen) atoms. The van der Waals surface area contributed by atoms with E-state index in [1.165, 1.54) is 0 Å². The van der Waals surface area contributed by atoms with Gasteiger partial charge in [-0.25, -0.2) is 0 Å². The van der Waals surface area contributed by atoms with E-state index in [4.69, 9.17) is 14.2 Å². The number of rotatable bonds is 9. The van der Waals surface area contributed by atoms with Gasteiger partial charge in [0.25, 0.3) is 0 Å². The molecule has 6 bridgehead atoms. The van der Waals surface area contributed by atoms with Crippen LogP contribution in [0, 0.1) is 106 Å². The lowest BCUT2D eigenvalue weighted by molar-refractivity contribution is -0.170. The molecule has 6 aliphatic carbocycles. The number of fused-ring (bicyclic) bond motifs is 6. The van der Waals surface area contributed by atoms with E-state index in [9.17, 15) is 34.2 Å². The van der Waals surface area contributed by atoms with Gasteiger partial charge in [-0.1, -0.05) is 87.1 Å². The maximum Gasteiger partial charge on any atom is 0.317 e. The Hall–Kier alpha value is -2.49. The second kappa shape index (κ2) is 19.7. The molecule has 1 aliphatic heterocycles. The second-order valence-electron chi connectivity index (χ2n) is 19.1. The van der Waals surface area contributed by atoms with Gasteiger partial charge in [0.15, 0.2) is 0 Å². The van der Waals surface area contributed by atoms with E-state index < -0.39 is 64.5 Å². The third kappa shape index (κ3) is 9.16. The highest BCUT2D eigenvalue weighted by Crippen LogP contribution is 2.70. The van der Waals surface area contributed by atoms with Crippen LogP contribution < -0.4 is 0 Å². The third-order valence-electron chi connectivity index (χ3n) is 14.9. The van der Waals surface area contributed by atoms with Gasteiger partial charge in [0.05, 0.1) is 42.8 Å². The van der Waals surface area contributed by atoms with Crippen molar-refractivity contribution in [2.45, 2.75) is 152 Å². The Morgan fingerprint density at radius 1 is 0.649 bits per heavy atom.